The predicted molar refractivity (Wildman–Crippen MR) is 98.5 cm³/mol. The molecule has 10 heteroatoms. The van der Waals surface area contributed by atoms with Crippen molar-refractivity contribution in [1.29, 1.82) is 0 Å². The van der Waals surface area contributed by atoms with Crippen LogP contribution >= 0.6 is 0 Å². The molecule has 3 rings (SSSR count). The minimum atomic E-state index is -4.72. The number of sulfone groups is 1. The van der Waals surface area contributed by atoms with Gasteiger partial charge in [-0.3, -0.25) is 4.79 Å². The number of rotatable bonds is 4. The summed E-state index contributed by atoms with van der Waals surface area (Å²) in [4.78, 5) is 11.6. The summed E-state index contributed by atoms with van der Waals surface area (Å²) in [6, 6.07) is 2.51. The van der Waals surface area contributed by atoms with Crippen molar-refractivity contribution in [2.45, 2.75) is 73.1 Å². The Balaban J connectivity index is 1.67. The average Bonchev–Trinajstić information content (AvgIpc) is 2.70. The summed E-state index contributed by atoms with van der Waals surface area (Å²) in [5, 5.41) is 3.30. The van der Waals surface area contributed by atoms with Crippen molar-refractivity contribution < 1.29 is 30.8 Å². The number of amides is 1. The number of piperidine rings is 1. The zero-order valence-electron chi connectivity index (χ0n) is 15.8. The Hall–Kier alpha value is -1.68. The zero-order valence-corrected chi connectivity index (χ0v) is 16.6. The van der Waals surface area contributed by atoms with Gasteiger partial charge >= 0.3 is 6.18 Å². The first-order valence-electron chi connectivity index (χ1n) is 9.67. The number of hydrogen-bond donors (Lipinski definition) is 2. The van der Waals surface area contributed by atoms with Crippen LogP contribution in [0.2, 0.25) is 0 Å². The van der Waals surface area contributed by atoms with Crippen LogP contribution in [0.25, 0.3) is 0 Å². The third kappa shape index (κ3) is 4.74. The van der Waals surface area contributed by atoms with E-state index in [-0.39, 0.29) is 43.7 Å². The van der Waals surface area contributed by atoms with Gasteiger partial charge < -0.3 is 10.6 Å². The van der Waals surface area contributed by atoms with Gasteiger partial charge in [-0.15, -0.1) is 0 Å². The Morgan fingerprint density at radius 2 is 1.83 bits per heavy atom. The molecule has 2 fully saturated rings. The van der Waals surface area contributed by atoms with E-state index in [9.17, 15) is 26.4 Å². The van der Waals surface area contributed by atoms with Crippen LogP contribution in [-0.2, 0) is 20.8 Å². The molecular weight excluding hydrogens is 412 g/mol. The van der Waals surface area contributed by atoms with Crippen LogP contribution in [0.5, 0.6) is 0 Å². The third-order valence-corrected chi connectivity index (χ3v) is 7.90. The Bertz CT molecular complexity index is 843. The molecular formula is C19H24F4N2O3S. The van der Waals surface area contributed by atoms with Crippen molar-refractivity contribution in [3.8, 4) is 0 Å². The van der Waals surface area contributed by atoms with Crippen molar-refractivity contribution in [3.05, 3.63) is 29.8 Å². The van der Waals surface area contributed by atoms with Crippen LogP contribution in [0.1, 0.15) is 50.5 Å². The maximum Gasteiger partial charge on any atom is 0.416 e. The lowest BCUT2D eigenvalue weighted by Gasteiger charge is -2.34. The third-order valence-electron chi connectivity index (χ3n) is 5.66. The van der Waals surface area contributed by atoms with Crippen LogP contribution < -0.4 is 10.6 Å². The zero-order chi connectivity index (χ0) is 21.3. The SMILES string of the molecule is O=C(NC1CCC(F)(S(=O)(=O)c2cccc(C(F)(F)F)c2)CC1)C1CCCCN1. The van der Waals surface area contributed by atoms with Crippen molar-refractivity contribution in [2.75, 3.05) is 6.54 Å². The van der Waals surface area contributed by atoms with Crippen LogP contribution in [0, 0.1) is 0 Å². The molecule has 5 nitrogen and oxygen atoms in total. The van der Waals surface area contributed by atoms with Gasteiger partial charge in [-0.2, -0.15) is 13.2 Å². The Kier molecular flexibility index (Phi) is 6.24. The van der Waals surface area contributed by atoms with Crippen LogP contribution in [0.15, 0.2) is 29.2 Å². The summed E-state index contributed by atoms with van der Waals surface area (Å²) in [7, 11) is -4.61. The van der Waals surface area contributed by atoms with E-state index in [1.165, 1.54) is 0 Å². The fourth-order valence-corrected chi connectivity index (χ4v) is 5.63. The van der Waals surface area contributed by atoms with Gasteiger partial charge in [-0.05, 0) is 63.3 Å². The van der Waals surface area contributed by atoms with Crippen LogP contribution in [0.3, 0.4) is 0 Å². The Labute approximate surface area is 167 Å². The number of alkyl halides is 4. The van der Waals surface area contributed by atoms with Crippen LogP contribution in [-0.4, -0.2) is 38.0 Å². The lowest BCUT2D eigenvalue weighted by molar-refractivity contribution is -0.137. The number of halogens is 4. The fourth-order valence-electron chi connectivity index (χ4n) is 3.89. The molecule has 1 aromatic rings. The van der Waals surface area contributed by atoms with Gasteiger partial charge in [-0.1, -0.05) is 12.5 Å². The number of hydrogen-bond acceptors (Lipinski definition) is 4. The summed E-state index contributed by atoms with van der Waals surface area (Å²) in [5.74, 6) is -0.179. The van der Waals surface area contributed by atoms with Crippen molar-refractivity contribution in [1.82, 2.24) is 10.6 Å². The van der Waals surface area contributed by atoms with Crippen molar-refractivity contribution in [3.63, 3.8) is 0 Å². The van der Waals surface area contributed by atoms with Gasteiger partial charge in [0.05, 0.1) is 16.5 Å². The Morgan fingerprint density at radius 3 is 2.41 bits per heavy atom. The summed E-state index contributed by atoms with van der Waals surface area (Å²) in [6.07, 6.45) is -2.60. The Morgan fingerprint density at radius 1 is 1.14 bits per heavy atom. The molecule has 1 atom stereocenters. The molecule has 1 unspecified atom stereocenters. The van der Waals surface area contributed by atoms with E-state index in [1.807, 2.05) is 0 Å². The average molecular weight is 436 g/mol. The summed E-state index contributed by atoms with van der Waals surface area (Å²) in [5.41, 5.74) is -1.14. The molecule has 1 heterocycles. The molecule has 1 aliphatic heterocycles. The minimum Gasteiger partial charge on any atom is -0.352 e. The lowest BCUT2D eigenvalue weighted by atomic mass is 9.93. The largest absolute Gasteiger partial charge is 0.416 e. The molecule has 2 N–H and O–H groups in total. The minimum absolute atomic E-state index is 0.104. The first kappa shape index (κ1) is 22.0. The molecule has 0 aromatic heterocycles. The highest BCUT2D eigenvalue weighted by molar-refractivity contribution is 7.92. The van der Waals surface area contributed by atoms with E-state index in [0.717, 1.165) is 44.0 Å². The second kappa shape index (κ2) is 8.22. The van der Waals surface area contributed by atoms with Crippen molar-refractivity contribution >= 4 is 15.7 Å². The molecule has 1 saturated heterocycles. The summed E-state index contributed by atoms with van der Waals surface area (Å²) < 4.78 is 79.4. The molecule has 0 bridgehead atoms. The maximum absolute atomic E-state index is 15.3. The second-order valence-electron chi connectivity index (χ2n) is 7.70. The smallest absolute Gasteiger partial charge is 0.352 e. The number of benzene rings is 1. The fraction of sp³-hybridized carbons (Fsp3) is 0.632. The molecule has 1 amide bonds. The highest BCUT2D eigenvalue weighted by Crippen LogP contribution is 2.41. The predicted octanol–water partition coefficient (Wildman–Crippen LogP) is 3.35. The molecule has 1 aliphatic carbocycles. The van der Waals surface area contributed by atoms with E-state index in [2.05, 4.69) is 10.6 Å². The van der Waals surface area contributed by atoms with Crippen LogP contribution in [0.4, 0.5) is 17.6 Å². The molecule has 29 heavy (non-hydrogen) atoms. The van der Waals surface area contributed by atoms with E-state index in [4.69, 9.17) is 0 Å². The van der Waals surface area contributed by atoms with Gasteiger partial charge in [0, 0.05) is 6.04 Å². The van der Waals surface area contributed by atoms with E-state index < -0.39 is 31.5 Å². The molecule has 162 valence electrons. The number of nitrogens with one attached hydrogen (secondary N) is 2. The van der Waals surface area contributed by atoms with E-state index in [0.29, 0.717) is 6.07 Å². The van der Waals surface area contributed by atoms with Gasteiger partial charge in [0.1, 0.15) is 0 Å². The quantitative estimate of drug-likeness (QED) is 0.710. The molecule has 2 aliphatic rings. The number of carbonyl (C=O) groups excluding carboxylic acids is 1. The molecule has 1 saturated carbocycles. The van der Waals surface area contributed by atoms with Gasteiger partial charge in [0.25, 0.3) is 0 Å². The summed E-state index contributed by atoms with van der Waals surface area (Å²) >= 11 is 0. The molecule has 0 radical (unpaired) electrons. The lowest BCUT2D eigenvalue weighted by Crippen LogP contribution is -2.51. The second-order valence-corrected chi connectivity index (χ2v) is 9.91. The van der Waals surface area contributed by atoms with Gasteiger partial charge in [-0.25, -0.2) is 12.8 Å². The highest BCUT2D eigenvalue weighted by atomic mass is 32.2. The maximum atomic E-state index is 15.3. The van der Waals surface area contributed by atoms with Crippen molar-refractivity contribution in [2.24, 2.45) is 0 Å². The van der Waals surface area contributed by atoms with E-state index in [1.54, 1.807) is 0 Å². The normalized spacial score (nSPS) is 28.7. The topological polar surface area (TPSA) is 75.3 Å². The number of carbonyl (C=O) groups is 1. The first-order valence-corrected chi connectivity index (χ1v) is 11.2. The van der Waals surface area contributed by atoms with Gasteiger partial charge in [0.2, 0.25) is 20.7 Å². The standard InChI is InChI=1S/C19H24F4N2O3S/c20-18(29(27,28)15-5-3-4-13(12-15)19(21,22)23)9-7-14(8-10-18)25-17(26)16-6-1-2-11-24-16/h3-5,12,14,16,24H,1-2,6-11H2,(H,25,26). The monoisotopic (exact) mass is 436 g/mol. The highest BCUT2D eigenvalue weighted by Gasteiger charge is 2.48. The van der Waals surface area contributed by atoms with E-state index >= 15 is 4.39 Å². The van der Waals surface area contributed by atoms with Gasteiger partial charge in [0.15, 0.2) is 0 Å². The molecule has 0 spiro atoms. The summed E-state index contributed by atoms with van der Waals surface area (Å²) in [6.45, 7) is 0.756. The molecule has 1 aromatic carbocycles. The first-order chi connectivity index (χ1) is 13.5.